The molecule has 72 valence electrons. The molecule has 13 heavy (non-hydrogen) atoms. The van der Waals surface area contributed by atoms with Crippen LogP contribution in [0, 0.1) is 0 Å². The Hall–Kier alpha value is -0.920. The van der Waals surface area contributed by atoms with Crippen molar-refractivity contribution in [3.63, 3.8) is 0 Å². The van der Waals surface area contributed by atoms with Gasteiger partial charge in [0.2, 0.25) is 0 Å². The summed E-state index contributed by atoms with van der Waals surface area (Å²) in [6, 6.07) is 0.598. The summed E-state index contributed by atoms with van der Waals surface area (Å²) in [5.74, 6) is 1.10. The Kier molecular flexibility index (Phi) is 2.30. The van der Waals surface area contributed by atoms with E-state index in [0.29, 0.717) is 6.04 Å². The van der Waals surface area contributed by atoms with Gasteiger partial charge in [-0.2, -0.15) is 0 Å². The molecule has 0 bridgehead atoms. The van der Waals surface area contributed by atoms with Crippen LogP contribution in [0.15, 0.2) is 23.6 Å². The highest BCUT2D eigenvalue weighted by molar-refractivity contribution is 5.25. The van der Waals surface area contributed by atoms with Crippen LogP contribution in [-0.4, -0.2) is 24.1 Å². The standard InChI is InChI=1S/C11H17NO/c1-9(2)12-7-8-13-11-6-4-3-5-10(11)12/h4,6,9H,3,5,7-8H2,1-2H3. The number of allylic oxidation sites excluding steroid dienone is 3. The van der Waals surface area contributed by atoms with Crippen molar-refractivity contribution in [1.29, 1.82) is 0 Å². The fourth-order valence-corrected chi connectivity index (χ4v) is 2.01. The Balaban J connectivity index is 2.25. The zero-order chi connectivity index (χ0) is 9.26. The van der Waals surface area contributed by atoms with Gasteiger partial charge in [0, 0.05) is 6.04 Å². The maximum atomic E-state index is 5.61. The zero-order valence-electron chi connectivity index (χ0n) is 8.42. The lowest BCUT2D eigenvalue weighted by Gasteiger charge is -2.37. The molecule has 0 aromatic rings. The van der Waals surface area contributed by atoms with E-state index in [1.165, 1.54) is 5.70 Å². The van der Waals surface area contributed by atoms with Crippen LogP contribution in [0.3, 0.4) is 0 Å². The fourth-order valence-electron chi connectivity index (χ4n) is 2.01. The van der Waals surface area contributed by atoms with E-state index in [1.54, 1.807) is 0 Å². The number of hydrogen-bond acceptors (Lipinski definition) is 2. The first-order valence-corrected chi connectivity index (χ1v) is 5.08. The molecule has 0 atom stereocenters. The van der Waals surface area contributed by atoms with E-state index >= 15 is 0 Å². The molecule has 0 unspecified atom stereocenters. The van der Waals surface area contributed by atoms with Gasteiger partial charge in [-0.1, -0.05) is 6.08 Å². The maximum absolute atomic E-state index is 5.61. The van der Waals surface area contributed by atoms with Gasteiger partial charge < -0.3 is 9.64 Å². The monoisotopic (exact) mass is 179 g/mol. The fraction of sp³-hybridized carbons (Fsp3) is 0.636. The summed E-state index contributed by atoms with van der Waals surface area (Å²) < 4.78 is 5.61. The van der Waals surface area contributed by atoms with Crippen molar-refractivity contribution in [3.05, 3.63) is 23.6 Å². The summed E-state index contributed by atoms with van der Waals surface area (Å²) in [7, 11) is 0. The normalized spacial score (nSPS) is 21.9. The first kappa shape index (κ1) is 8.67. The Morgan fingerprint density at radius 1 is 1.46 bits per heavy atom. The average molecular weight is 179 g/mol. The van der Waals surface area contributed by atoms with Crippen molar-refractivity contribution in [1.82, 2.24) is 4.90 Å². The molecule has 1 aliphatic carbocycles. The second-order valence-corrected chi connectivity index (χ2v) is 3.89. The molecule has 0 spiro atoms. The Morgan fingerprint density at radius 3 is 3.08 bits per heavy atom. The molecular weight excluding hydrogens is 162 g/mol. The summed E-state index contributed by atoms with van der Waals surface area (Å²) in [6.07, 6.45) is 6.62. The van der Waals surface area contributed by atoms with Gasteiger partial charge in [-0.15, -0.1) is 0 Å². The number of hydrogen-bond donors (Lipinski definition) is 0. The van der Waals surface area contributed by atoms with Gasteiger partial charge >= 0.3 is 0 Å². The van der Waals surface area contributed by atoms with Crippen molar-refractivity contribution in [2.45, 2.75) is 32.7 Å². The first-order chi connectivity index (χ1) is 6.29. The van der Waals surface area contributed by atoms with E-state index in [1.807, 2.05) is 0 Å². The lowest BCUT2D eigenvalue weighted by Crippen LogP contribution is -2.37. The molecule has 2 rings (SSSR count). The second kappa shape index (κ2) is 3.44. The van der Waals surface area contributed by atoms with Crippen molar-refractivity contribution < 1.29 is 4.74 Å². The van der Waals surface area contributed by atoms with Gasteiger partial charge in [0.15, 0.2) is 0 Å². The van der Waals surface area contributed by atoms with Crippen LogP contribution >= 0.6 is 0 Å². The van der Waals surface area contributed by atoms with Crippen LogP contribution < -0.4 is 0 Å². The highest BCUT2D eigenvalue weighted by Crippen LogP contribution is 2.27. The summed E-state index contributed by atoms with van der Waals surface area (Å²) >= 11 is 0. The number of rotatable bonds is 1. The molecule has 0 aromatic heterocycles. The van der Waals surface area contributed by atoms with E-state index < -0.39 is 0 Å². The molecule has 0 N–H and O–H groups in total. The van der Waals surface area contributed by atoms with Crippen molar-refractivity contribution in [2.75, 3.05) is 13.2 Å². The molecule has 1 heterocycles. The number of nitrogens with zero attached hydrogens (tertiary/aromatic N) is 1. The minimum atomic E-state index is 0.598. The summed E-state index contributed by atoms with van der Waals surface area (Å²) in [4.78, 5) is 2.46. The average Bonchev–Trinajstić information content (AvgIpc) is 2.17. The van der Waals surface area contributed by atoms with Gasteiger partial charge in [0.1, 0.15) is 12.4 Å². The molecule has 0 saturated carbocycles. The van der Waals surface area contributed by atoms with Crippen molar-refractivity contribution >= 4 is 0 Å². The molecule has 2 nitrogen and oxygen atoms in total. The molecule has 0 saturated heterocycles. The van der Waals surface area contributed by atoms with Gasteiger partial charge in [-0.25, -0.2) is 0 Å². The first-order valence-electron chi connectivity index (χ1n) is 5.08. The Bertz CT molecular complexity index is 253. The predicted molar refractivity (Wildman–Crippen MR) is 53.2 cm³/mol. The Labute approximate surface area is 79.9 Å². The topological polar surface area (TPSA) is 12.5 Å². The third kappa shape index (κ3) is 1.58. The molecule has 0 fully saturated rings. The molecule has 1 aliphatic heterocycles. The van der Waals surface area contributed by atoms with Crippen LogP contribution in [0.2, 0.25) is 0 Å². The van der Waals surface area contributed by atoms with Crippen LogP contribution in [0.1, 0.15) is 26.7 Å². The van der Waals surface area contributed by atoms with Gasteiger partial charge in [0.25, 0.3) is 0 Å². The van der Waals surface area contributed by atoms with E-state index in [0.717, 1.165) is 31.8 Å². The molecule has 0 radical (unpaired) electrons. The second-order valence-electron chi connectivity index (χ2n) is 3.89. The van der Waals surface area contributed by atoms with E-state index in [-0.39, 0.29) is 0 Å². The Morgan fingerprint density at radius 2 is 2.31 bits per heavy atom. The number of ether oxygens (including phenoxy) is 1. The van der Waals surface area contributed by atoms with Gasteiger partial charge in [0.05, 0.1) is 12.2 Å². The van der Waals surface area contributed by atoms with Crippen LogP contribution in [-0.2, 0) is 4.74 Å². The molecule has 2 aliphatic rings. The molecule has 2 heteroatoms. The highest BCUT2D eigenvalue weighted by Gasteiger charge is 2.22. The van der Waals surface area contributed by atoms with E-state index in [2.05, 4.69) is 30.9 Å². The molecule has 0 aromatic carbocycles. The predicted octanol–water partition coefficient (Wildman–Crippen LogP) is 2.29. The molecule has 0 amide bonds. The van der Waals surface area contributed by atoms with E-state index in [4.69, 9.17) is 4.74 Å². The van der Waals surface area contributed by atoms with Crippen LogP contribution in [0.4, 0.5) is 0 Å². The molecular formula is C11H17NO. The summed E-state index contributed by atoms with van der Waals surface area (Å²) in [5, 5.41) is 0. The lowest BCUT2D eigenvalue weighted by atomic mass is 10.1. The summed E-state index contributed by atoms with van der Waals surface area (Å²) in [6.45, 7) is 6.37. The third-order valence-corrected chi connectivity index (χ3v) is 2.66. The largest absolute Gasteiger partial charge is 0.490 e. The summed E-state index contributed by atoms with van der Waals surface area (Å²) in [5.41, 5.74) is 1.41. The van der Waals surface area contributed by atoms with Crippen LogP contribution in [0.25, 0.3) is 0 Å². The maximum Gasteiger partial charge on any atom is 0.138 e. The zero-order valence-corrected chi connectivity index (χ0v) is 8.42. The smallest absolute Gasteiger partial charge is 0.138 e. The van der Waals surface area contributed by atoms with Gasteiger partial charge in [-0.05, 0) is 32.8 Å². The van der Waals surface area contributed by atoms with Crippen LogP contribution in [0.5, 0.6) is 0 Å². The quantitative estimate of drug-likeness (QED) is 0.612. The SMILES string of the molecule is CC(C)N1CCOC2=C1CCC=C2. The minimum absolute atomic E-state index is 0.598. The lowest BCUT2D eigenvalue weighted by molar-refractivity contribution is 0.115. The third-order valence-electron chi connectivity index (χ3n) is 2.66. The van der Waals surface area contributed by atoms with Crippen molar-refractivity contribution in [2.24, 2.45) is 0 Å². The minimum Gasteiger partial charge on any atom is -0.490 e. The van der Waals surface area contributed by atoms with E-state index in [9.17, 15) is 0 Å². The van der Waals surface area contributed by atoms with Crippen molar-refractivity contribution in [3.8, 4) is 0 Å². The highest BCUT2D eigenvalue weighted by atomic mass is 16.5. The van der Waals surface area contributed by atoms with Gasteiger partial charge in [-0.3, -0.25) is 0 Å².